The molecule has 228 valence electrons. The molecular weight excluding hydrogens is 560 g/mol. The quantitative estimate of drug-likeness (QED) is 0.244. The number of methoxy groups -OCH3 is 3. The van der Waals surface area contributed by atoms with Gasteiger partial charge in [0.2, 0.25) is 5.75 Å². The maximum atomic E-state index is 13.5. The van der Waals surface area contributed by atoms with E-state index in [1.54, 1.807) is 33.5 Å². The minimum Gasteiger partial charge on any atom is -0.493 e. The van der Waals surface area contributed by atoms with Crippen molar-refractivity contribution in [2.75, 3.05) is 33.7 Å². The van der Waals surface area contributed by atoms with Crippen molar-refractivity contribution in [3.8, 4) is 28.7 Å². The maximum Gasteiger partial charge on any atom is 0.203 e. The van der Waals surface area contributed by atoms with E-state index in [9.17, 15) is 13.5 Å². The van der Waals surface area contributed by atoms with E-state index in [1.807, 2.05) is 49.4 Å². The predicted molar refractivity (Wildman–Crippen MR) is 159 cm³/mol. The molecule has 0 radical (unpaired) electrons. The van der Waals surface area contributed by atoms with E-state index in [2.05, 4.69) is 0 Å². The van der Waals surface area contributed by atoms with Crippen LogP contribution in [0.2, 0.25) is 0 Å². The molecule has 1 aliphatic heterocycles. The van der Waals surface area contributed by atoms with E-state index >= 15 is 0 Å². The van der Waals surface area contributed by atoms with Gasteiger partial charge in [0, 0.05) is 0 Å². The van der Waals surface area contributed by atoms with Crippen molar-refractivity contribution in [3.05, 3.63) is 71.3 Å². The lowest BCUT2D eigenvalue weighted by Gasteiger charge is -2.21. The van der Waals surface area contributed by atoms with Gasteiger partial charge >= 0.3 is 0 Å². The summed E-state index contributed by atoms with van der Waals surface area (Å²) in [6.45, 7) is 3.92. The Bertz CT molecular complexity index is 1410. The summed E-state index contributed by atoms with van der Waals surface area (Å²) in [6, 6.07) is 16.7. The van der Waals surface area contributed by atoms with E-state index in [4.69, 9.17) is 28.4 Å². The number of rotatable bonds is 14. The summed E-state index contributed by atoms with van der Waals surface area (Å²) >= 11 is 0. The fourth-order valence-electron chi connectivity index (χ4n) is 5.02. The first-order chi connectivity index (χ1) is 20.2. The Labute approximate surface area is 248 Å². The Morgan fingerprint density at radius 3 is 2.00 bits per heavy atom. The molecule has 1 saturated heterocycles. The van der Waals surface area contributed by atoms with Gasteiger partial charge in [-0.05, 0) is 67.1 Å². The van der Waals surface area contributed by atoms with Crippen molar-refractivity contribution in [3.63, 3.8) is 0 Å². The number of ether oxygens (including phenoxy) is 6. The SMILES string of the molecule is CCCOc1c(OCc2ccccc2)cc([C@@H]2CC[C@@H](c3cc(OC)c(OC)c(OC)c3)O2)cc1S(=O)(=O)CC(C)O. The van der Waals surface area contributed by atoms with Gasteiger partial charge in [-0.1, -0.05) is 37.3 Å². The van der Waals surface area contributed by atoms with Crippen LogP contribution in [-0.4, -0.2) is 53.3 Å². The standard InChI is InChI=1S/C32H40O9S/c1-6-14-39-32-29(40-19-22-10-8-7-9-11-22)17-24(18-30(32)42(34,35)20-21(2)33)26-13-12-25(41-26)23-15-27(36-3)31(38-5)28(16-23)37-4/h7-11,15-18,21,25-26,33H,6,12-14,19-20H2,1-5H3/t21?,25-,26-/m0/s1. The van der Waals surface area contributed by atoms with E-state index < -0.39 is 27.8 Å². The van der Waals surface area contributed by atoms with Gasteiger partial charge in [0.05, 0.1) is 52.0 Å². The zero-order valence-electron chi connectivity index (χ0n) is 24.8. The Morgan fingerprint density at radius 2 is 1.45 bits per heavy atom. The van der Waals surface area contributed by atoms with Crippen molar-refractivity contribution in [1.29, 1.82) is 0 Å². The summed E-state index contributed by atoms with van der Waals surface area (Å²) < 4.78 is 62.3. The highest BCUT2D eigenvalue weighted by atomic mass is 32.2. The molecular formula is C32H40O9S. The summed E-state index contributed by atoms with van der Waals surface area (Å²) in [5.41, 5.74) is 2.44. The minimum absolute atomic E-state index is 0.0164. The number of aliphatic hydroxyl groups excluding tert-OH is 1. The topological polar surface area (TPSA) is 110 Å². The van der Waals surface area contributed by atoms with Crippen LogP contribution in [0.25, 0.3) is 0 Å². The van der Waals surface area contributed by atoms with E-state index in [0.29, 0.717) is 54.4 Å². The van der Waals surface area contributed by atoms with Gasteiger partial charge in [0.15, 0.2) is 32.8 Å². The first-order valence-electron chi connectivity index (χ1n) is 14.0. The summed E-state index contributed by atoms with van der Waals surface area (Å²) in [5, 5.41) is 10.00. The Morgan fingerprint density at radius 1 is 0.857 bits per heavy atom. The molecule has 10 heteroatoms. The minimum atomic E-state index is -3.93. The normalized spacial score (nSPS) is 17.5. The van der Waals surface area contributed by atoms with Crippen LogP contribution in [0, 0.1) is 0 Å². The molecule has 1 N–H and O–H groups in total. The summed E-state index contributed by atoms with van der Waals surface area (Å²) in [5.74, 6) is 1.56. The third kappa shape index (κ3) is 7.29. The first kappa shape index (κ1) is 31.5. The van der Waals surface area contributed by atoms with E-state index in [-0.39, 0.29) is 23.4 Å². The van der Waals surface area contributed by atoms with Crippen LogP contribution in [0.4, 0.5) is 0 Å². The van der Waals surface area contributed by atoms with Crippen LogP contribution < -0.4 is 23.7 Å². The Kier molecular flexibility index (Phi) is 10.6. The second-order valence-corrected chi connectivity index (χ2v) is 12.3. The lowest BCUT2D eigenvalue weighted by molar-refractivity contribution is 0.0434. The molecule has 3 aromatic carbocycles. The Hall–Kier alpha value is -3.47. The molecule has 3 atom stereocenters. The van der Waals surface area contributed by atoms with Crippen LogP contribution in [0.5, 0.6) is 28.7 Å². The lowest BCUT2D eigenvalue weighted by atomic mass is 10.0. The first-order valence-corrected chi connectivity index (χ1v) is 15.7. The fourth-order valence-corrected chi connectivity index (χ4v) is 6.60. The average Bonchev–Trinajstić information content (AvgIpc) is 3.48. The van der Waals surface area contributed by atoms with Gasteiger partial charge in [-0.15, -0.1) is 0 Å². The lowest BCUT2D eigenvalue weighted by Crippen LogP contribution is -2.19. The summed E-state index contributed by atoms with van der Waals surface area (Å²) in [6.07, 6.45) is 0.258. The van der Waals surface area contributed by atoms with Gasteiger partial charge in [0.1, 0.15) is 11.5 Å². The second-order valence-electron chi connectivity index (χ2n) is 10.2. The molecule has 1 heterocycles. The highest BCUT2D eigenvalue weighted by Gasteiger charge is 2.33. The van der Waals surface area contributed by atoms with Crippen molar-refractivity contribution < 1.29 is 41.9 Å². The van der Waals surface area contributed by atoms with Gasteiger partial charge in [0.25, 0.3) is 0 Å². The molecule has 9 nitrogen and oxygen atoms in total. The molecule has 0 aliphatic carbocycles. The van der Waals surface area contributed by atoms with Crippen LogP contribution in [0.3, 0.4) is 0 Å². The Balaban J connectivity index is 1.73. The fraction of sp³-hybridized carbons (Fsp3) is 0.438. The number of sulfone groups is 1. The zero-order valence-corrected chi connectivity index (χ0v) is 25.6. The molecule has 0 bridgehead atoms. The van der Waals surface area contributed by atoms with Crippen LogP contribution >= 0.6 is 0 Å². The largest absolute Gasteiger partial charge is 0.493 e. The molecule has 0 amide bonds. The monoisotopic (exact) mass is 600 g/mol. The molecule has 0 saturated carbocycles. The van der Waals surface area contributed by atoms with Gasteiger partial charge < -0.3 is 33.5 Å². The maximum absolute atomic E-state index is 13.5. The smallest absolute Gasteiger partial charge is 0.203 e. The molecule has 3 aromatic rings. The molecule has 1 unspecified atom stereocenters. The van der Waals surface area contributed by atoms with E-state index in [0.717, 1.165) is 11.1 Å². The molecule has 1 fully saturated rings. The van der Waals surface area contributed by atoms with Gasteiger partial charge in [-0.3, -0.25) is 0 Å². The van der Waals surface area contributed by atoms with Crippen molar-refractivity contribution in [2.24, 2.45) is 0 Å². The molecule has 0 spiro atoms. The average molecular weight is 601 g/mol. The highest BCUT2D eigenvalue weighted by molar-refractivity contribution is 7.91. The number of hydrogen-bond donors (Lipinski definition) is 1. The van der Waals surface area contributed by atoms with Gasteiger partial charge in [-0.2, -0.15) is 0 Å². The van der Waals surface area contributed by atoms with Crippen molar-refractivity contribution >= 4 is 9.84 Å². The van der Waals surface area contributed by atoms with Crippen molar-refractivity contribution in [1.82, 2.24) is 0 Å². The third-order valence-electron chi connectivity index (χ3n) is 6.98. The molecule has 42 heavy (non-hydrogen) atoms. The third-order valence-corrected chi connectivity index (χ3v) is 8.87. The highest BCUT2D eigenvalue weighted by Crippen LogP contribution is 2.48. The van der Waals surface area contributed by atoms with Crippen LogP contribution in [0.15, 0.2) is 59.5 Å². The molecule has 1 aliphatic rings. The molecule has 0 aromatic heterocycles. The summed E-state index contributed by atoms with van der Waals surface area (Å²) in [7, 11) is 0.752. The van der Waals surface area contributed by atoms with Gasteiger partial charge in [-0.25, -0.2) is 8.42 Å². The second kappa shape index (κ2) is 14.1. The number of aliphatic hydroxyl groups is 1. The zero-order chi connectivity index (χ0) is 30.3. The number of hydrogen-bond acceptors (Lipinski definition) is 9. The summed E-state index contributed by atoms with van der Waals surface area (Å²) in [4.78, 5) is -0.0164. The molecule has 4 rings (SSSR count). The van der Waals surface area contributed by atoms with Crippen LogP contribution in [0.1, 0.15) is 62.0 Å². The van der Waals surface area contributed by atoms with Crippen LogP contribution in [-0.2, 0) is 21.2 Å². The van der Waals surface area contributed by atoms with E-state index in [1.165, 1.54) is 6.92 Å². The number of benzene rings is 3. The van der Waals surface area contributed by atoms with Crippen molar-refractivity contribution in [2.45, 2.75) is 62.9 Å². The predicted octanol–water partition coefficient (Wildman–Crippen LogP) is 5.83.